The molecule has 10 nitrogen and oxygen atoms in total. The van der Waals surface area contributed by atoms with E-state index in [1.807, 2.05) is 0 Å². The minimum absolute atomic E-state index is 0.0652. The molecule has 0 heterocycles. The van der Waals surface area contributed by atoms with E-state index < -0.39 is 100 Å². The molecule has 0 radical (unpaired) electrons. The van der Waals surface area contributed by atoms with Gasteiger partial charge in [-0.2, -0.15) is 0 Å². The standard InChI is InChI=1S/2C17H12F3NO4S/c2*1-21-9-5-8(18)6-10(7-9)25-11-3-4-12(26(2,23)24)14-13(11)15(19)16(20)17(14)22/h2*3-7,15-17,22H,2H3/t2*15-,16-,17+/m11/s1. The molecule has 6 atom stereocenters. The Morgan fingerprint density at radius 2 is 0.942 bits per heavy atom. The molecule has 272 valence electrons. The van der Waals surface area contributed by atoms with Gasteiger partial charge in [0.05, 0.1) is 22.9 Å². The van der Waals surface area contributed by atoms with Crippen LogP contribution in [-0.4, -0.2) is 51.9 Å². The highest BCUT2D eigenvalue weighted by Gasteiger charge is 2.47. The van der Waals surface area contributed by atoms with Gasteiger partial charge in [-0.25, -0.2) is 52.9 Å². The number of benzene rings is 4. The smallest absolute Gasteiger partial charge is 0.193 e. The Morgan fingerprint density at radius 3 is 1.25 bits per heavy atom. The molecule has 0 amide bonds. The number of hydrogen-bond donors (Lipinski definition) is 2. The van der Waals surface area contributed by atoms with Crippen LogP contribution in [0.4, 0.5) is 37.7 Å². The van der Waals surface area contributed by atoms with E-state index in [-0.39, 0.29) is 34.4 Å². The van der Waals surface area contributed by atoms with Crippen LogP contribution in [-0.2, 0) is 19.7 Å². The third kappa shape index (κ3) is 7.28. The molecule has 0 bridgehead atoms. The first-order valence-electron chi connectivity index (χ1n) is 14.6. The first kappa shape index (κ1) is 38.1. The lowest BCUT2D eigenvalue weighted by Crippen LogP contribution is -2.11. The van der Waals surface area contributed by atoms with Crippen LogP contribution in [0, 0.1) is 24.8 Å². The molecule has 0 unspecified atom stereocenters. The van der Waals surface area contributed by atoms with Crippen molar-refractivity contribution < 1.29 is 62.9 Å². The number of ether oxygens (including phenoxy) is 2. The van der Waals surface area contributed by atoms with E-state index in [0.717, 1.165) is 61.0 Å². The van der Waals surface area contributed by atoms with Crippen molar-refractivity contribution in [1.82, 2.24) is 0 Å². The Balaban J connectivity index is 0.000000201. The molecule has 18 heteroatoms. The molecule has 0 aromatic heterocycles. The summed E-state index contributed by atoms with van der Waals surface area (Å²) in [5.74, 6) is -2.35. The van der Waals surface area contributed by atoms with Gasteiger partial charge in [0.1, 0.15) is 46.8 Å². The van der Waals surface area contributed by atoms with Crippen molar-refractivity contribution in [1.29, 1.82) is 0 Å². The molecule has 4 aromatic rings. The van der Waals surface area contributed by atoms with Crippen LogP contribution in [0.15, 0.2) is 70.5 Å². The van der Waals surface area contributed by atoms with E-state index in [1.54, 1.807) is 0 Å². The van der Waals surface area contributed by atoms with Gasteiger partial charge in [0.2, 0.25) is 0 Å². The average molecular weight is 767 g/mol. The zero-order chi connectivity index (χ0) is 38.4. The van der Waals surface area contributed by atoms with Crippen molar-refractivity contribution >= 4 is 31.0 Å². The summed E-state index contributed by atoms with van der Waals surface area (Å²) in [5.41, 5.74) is -1.84. The molecule has 6 rings (SSSR count). The summed E-state index contributed by atoms with van der Waals surface area (Å²) in [6.07, 6.45) is -11.6. The van der Waals surface area contributed by atoms with Crippen LogP contribution in [0.25, 0.3) is 9.69 Å². The Bertz CT molecular complexity index is 2230. The van der Waals surface area contributed by atoms with Gasteiger partial charge in [-0.15, -0.1) is 0 Å². The summed E-state index contributed by atoms with van der Waals surface area (Å²) in [6.45, 7) is 13.8. The topological polar surface area (TPSA) is 136 Å². The maximum absolute atomic E-state index is 14.4. The highest BCUT2D eigenvalue weighted by atomic mass is 32.2. The molecular weight excluding hydrogens is 743 g/mol. The zero-order valence-corrected chi connectivity index (χ0v) is 28.2. The number of alkyl halides is 4. The van der Waals surface area contributed by atoms with Gasteiger partial charge < -0.3 is 19.7 Å². The first-order chi connectivity index (χ1) is 24.3. The number of aliphatic hydroxyl groups is 2. The van der Waals surface area contributed by atoms with E-state index >= 15 is 0 Å². The average Bonchev–Trinajstić information content (AvgIpc) is 3.43. The van der Waals surface area contributed by atoms with Gasteiger partial charge in [0.25, 0.3) is 0 Å². The van der Waals surface area contributed by atoms with E-state index in [9.17, 15) is 53.4 Å². The number of halogens is 6. The number of sulfone groups is 2. The largest absolute Gasteiger partial charge is 0.458 e. The fraction of sp³-hybridized carbons (Fsp3) is 0.235. The van der Waals surface area contributed by atoms with Crippen molar-refractivity contribution in [3.8, 4) is 23.0 Å². The van der Waals surface area contributed by atoms with E-state index in [0.29, 0.717) is 0 Å². The quantitative estimate of drug-likeness (QED) is 0.149. The van der Waals surface area contributed by atoms with Gasteiger partial charge in [-0.3, -0.25) is 0 Å². The van der Waals surface area contributed by atoms with Gasteiger partial charge in [0, 0.05) is 46.9 Å². The molecule has 2 aliphatic carbocycles. The number of aliphatic hydroxyl groups excluding tert-OH is 2. The molecule has 0 saturated carbocycles. The van der Waals surface area contributed by atoms with Crippen LogP contribution >= 0.6 is 0 Å². The van der Waals surface area contributed by atoms with Gasteiger partial charge in [0.15, 0.2) is 55.7 Å². The fourth-order valence-electron chi connectivity index (χ4n) is 5.75. The van der Waals surface area contributed by atoms with Crippen LogP contribution in [0.5, 0.6) is 23.0 Å². The number of nitrogens with zero attached hydrogens (tertiary/aromatic N) is 2. The Hall–Kier alpha value is -5.14. The van der Waals surface area contributed by atoms with E-state index in [2.05, 4.69) is 9.69 Å². The summed E-state index contributed by atoms with van der Waals surface area (Å²) < 4.78 is 142. The van der Waals surface area contributed by atoms with Gasteiger partial charge >= 0.3 is 0 Å². The summed E-state index contributed by atoms with van der Waals surface area (Å²) in [5, 5.41) is 19.9. The Morgan fingerprint density at radius 1 is 0.596 bits per heavy atom. The molecule has 2 N–H and O–H groups in total. The second kappa shape index (κ2) is 14.1. The molecule has 0 aliphatic heterocycles. The van der Waals surface area contributed by atoms with Crippen LogP contribution in [0.3, 0.4) is 0 Å². The minimum Gasteiger partial charge on any atom is -0.458 e. The Kier molecular flexibility index (Phi) is 10.3. The minimum atomic E-state index is -3.86. The monoisotopic (exact) mass is 766 g/mol. The molecule has 2 aliphatic rings. The van der Waals surface area contributed by atoms with Crippen molar-refractivity contribution in [3.63, 3.8) is 0 Å². The van der Waals surface area contributed by atoms with Gasteiger partial charge in [-0.05, 0) is 48.5 Å². The molecular formula is C34H24F6N2O8S2. The van der Waals surface area contributed by atoms with Crippen molar-refractivity contribution in [2.75, 3.05) is 12.5 Å². The summed E-state index contributed by atoms with van der Waals surface area (Å²) in [6, 6.07) is 10.5. The predicted molar refractivity (Wildman–Crippen MR) is 172 cm³/mol. The van der Waals surface area contributed by atoms with E-state index in [1.165, 1.54) is 12.1 Å². The van der Waals surface area contributed by atoms with Gasteiger partial charge in [-0.1, -0.05) is 0 Å². The predicted octanol–water partition coefficient (Wildman–Crippen LogP) is 7.94. The van der Waals surface area contributed by atoms with Crippen LogP contribution in [0.2, 0.25) is 0 Å². The van der Waals surface area contributed by atoms with Crippen molar-refractivity contribution in [2.24, 2.45) is 0 Å². The fourth-order valence-corrected chi connectivity index (χ4v) is 7.64. The third-order valence-corrected chi connectivity index (χ3v) is 10.3. The van der Waals surface area contributed by atoms with Crippen molar-refractivity contribution in [2.45, 2.75) is 46.7 Å². The maximum Gasteiger partial charge on any atom is 0.193 e. The Labute approximate surface area is 293 Å². The second-order valence-corrected chi connectivity index (χ2v) is 15.6. The molecule has 4 aromatic carbocycles. The molecule has 0 spiro atoms. The van der Waals surface area contributed by atoms with Crippen LogP contribution in [0.1, 0.15) is 46.8 Å². The number of rotatable bonds is 6. The number of fused-ring (bicyclic) bond motifs is 2. The van der Waals surface area contributed by atoms with Crippen LogP contribution < -0.4 is 9.47 Å². The first-order valence-corrected chi connectivity index (χ1v) is 18.4. The maximum atomic E-state index is 14.4. The second-order valence-electron chi connectivity index (χ2n) is 11.6. The summed E-state index contributed by atoms with van der Waals surface area (Å²) in [4.78, 5) is 5.32. The van der Waals surface area contributed by atoms with E-state index in [4.69, 9.17) is 22.6 Å². The van der Waals surface area contributed by atoms with Crippen molar-refractivity contribution in [3.05, 3.63) is 117 Å². The lowest BCUT2D eigenvalue weighted by atomic mass is 10.1. The lowest BCUT2D eigenvalue weighted by molar-refractivity contribution is 0.0454. The highest BCUT2D eigenvalue weighted by Crippen LogP contribution is 2.52. The normalized spacial score (nSPS) is 21.9. The zero-order valence-electron chi connectivity index (χ0n) is 26.6. The molecule has 0 saturated heterocycles. The third-order valence-electron chi connectivity index (χ3n) is 7.94. The number of hydrogen-bond acceptors (Lipinski definition) is 8. The summed E-state index contributed by atoms with van der Waals surface area (Å²) >= 11 is 0. The SMILES string of the molecule is [C-]#[N+]c1cc(F)cc(Oc2ccc(S(C)(=O)=O)c3c2[C@@H](F)[C@@H](F)[C@H]3O)c1.[C-]#[N+]c1cc(F)cc(Oc2ccc(S(C)(=O)=O)c3c2[C@@H](F)[C@@H](F)[C@H]3O)c1. The lowest BCUT2D eigenvalue weighted by Gasteiger charge is -2.15. The molecule has 52 heavy (non-hydrogen) atoms. The molecule has 0 fully saturated rings. The summed E-state index contributed by atoms with van der Waals surface area (Å²) in [7, 11) is -7.73. The highest BCUT2D eigenvalue weighted by molar-refractivity contribution is 7.91.